The van der Waals surface area contributed by atoms with Crippen molar-refractivity contribution < 1.29 is 9.59 Å². The minimum absolute atomic E-state index is 0.230. The van der Waals surface area contributed by atoms with Crippen LogP contribution in [0.2, 0.25) is 0 Å². The SMILES string of the molecule is CN(C)Cc1ccc(CNC(=O)c2ccccc2NC(=O)c2ccccc2)cc1. The van der Waals surface area contributed by atoms with Gasteiger partial charge in [-0.25, -0.2) is 0 Å². The van der Waals surface area contributed by atoms with E-state index in [1.807, 2.05) is 32.3 Å². The number of nitrogens with zero attached hydrogens (tertiary/aromatic N) is 1. The number of benzene rings is 3. The molecule has 0 unspecified atom stereocenters. The van der Waals surface area contributed by atoms with Crippen LogP contribution in [0.5, 0.6) is 0 Å². The molecule has 0 aliphatic heterocycles. The average molecular weight is 387 g/mol. The Morgan fingerprint density at radius 2 is 1.38 bits per heavy atom. The zero-order valence-corrected chi connectivity index (χ0v) is 16.7. The molecule has 0 bridgehead atoms. The third-order valence-electron chi connectivity index (χ3n) is 4.43. The molecular weight excluding hydrogens is 362 g/mol. The van der Waals surface area contributed by atoms with Crippen molar-refractivity contribution >= 4 is 17.5 Å². The quantitative estimate of drug-likeness (QED) is 0.646. The fourth-order valence-electron chi connectivity index (χ4n) is 2.98. The number of hydrogen-bond donors (Lipinski definition) is 2. The number of anilines is 1. The van der Waals surface area contributed by atoms with Crippen molar-refractivity contribution in [2.24, 2.45) is 0 Å². The van der Waals surface area contributed by atoms with Crippen LogP contribution in [0, 0.1) is 0 Å². The van der Waals surface area contributed by atoms with Crippen LogP contribution in [-0.4, -0.2) is 30.8 Å². The van der Waals surface area contributed by atoms with Crippen LogP contribution in [0.4, 0.5) is 5.69 Å². The molecule has 0 heterocycles. The minimum atomic E-state index is -0.248. The monoisotopic (exact) mass is 387 g/mol. The molecule has 3 rings (SSSR count). The lowest BCUT2D eigenvalue weighted by molar-refractivity contribution is 0.0952. The third-order valence-corrected chi connectivity index (χ3v) is 4.43. The molecule has 5 heteroatoms. The van der Waals surface area contributed by atoms with E-state index >= 15 is 0 Å². The van der Waals surface area contributed by atoms with Gasteiger partial charge in [0, 0.05) is 18.7 Å². The molecule has 0 saturated heterocycles. The van der Waals surface area contributed by atoms with E-state index < -0.39 is 0 Å². The van der Waals surface area contributed by atoms with Crippen molar-refractivity contribution in [3.8, 4) is 0 Å². The predicted molar refractivity (Wildman–Crippen MR) is 116 cm³/mol. The highest BCUT2D eigenvalue weighted by Crippen LogP contribution is 2.17. The summed E-state index contributed by atoms with van der Waals surface area (Å²) in [6.45, 7) is 1.29. The molecular formula is C24H25N3O2. The Labute approximate surface area is 171 Å². The van der Waals surface area contributed by atoms with Crippen LogP contribution in [0.1, 0.15) is 31.8 Å². The molecule has 0 aromatic heterocycles. The molecule has 0 aliphatic rings. The Hall–Kier alpha value is -3.44. The van der Waals surface area contributed by atoms with E-state index in [0.717, 1.165) is 12.1 Å². The van der Waals surface area contributed by atoms with Gasteiger partial charge in [-0.05, 0) is 49.5 Å². The van der Waals surface area contributed by atoms with E-state index in [4.69, 9.17) is 0 Å². The smallest absolute Gasteiger partial charge is 0.255 e. The molecule has 148 valence electrons. The molecule has 0 atom stereocenters. The van der Waals surface area contributed by atoms with E-state index in [0.29, 0.717) is 23.4 Å². The fourth-order valence-corrected chi connectivity index (χ4v) is 2.98. The Morgan fingerprint density at radius 3 is 2.07 bits per heavy atom. The van der Waals surface area contributed by atoms with Crippen molar-refractivity contribution in [3.05, 3.63) is 101 Å². The molecule has 3 aromatic carbocycles. The van der Waals surface area contributed by atoms with E-state index in [1.54, 1.807) is 48.5 Å². The topological polar surface area (TPSA) is 61.4 Å². The average Bonchev–Trinajstić information content (AvgIpc) is 2.73. The molecule has 0 spiro atoms. The summed E-state index contributed by atoms with van der Waals surface area (Å²) in [7, 11) is 4.06. The van der Waals surface area contributed by atoms with Crippen LogP contribution >= 0.6 is 0 Å². The summed E-state index contributed by atoms with van der Waals surface area (Å²) in [5, 5.41) is 5.76. The molecule has 5 nitrogen and oxygen atoms in total. The molecule has 29 heavy (non-hydrogen) atoms. The lowest BCUT2D eigenvalue weighted by atomic mass is 10.1. The van der Waals surface area contributed by atoms with Gasteiger partial charge in [0.25, 0.3) is 11.8 Å². The maximum atomic E-state index is 12.7. The maximum absolute atomic E-state index is 12.7. The van der Waals surface area contributed by atoms with E-state index in [9.17, 15) is 9.59 Å². The van der Waals surface area contributed by atoms with E-state index in [1.165, 1.54) is 5.56 Å². The first-order valence-corrected chi connectivity index (χ1v) is 9.49. The van der Waals surface area contributed by atoms with Crippen molar-refractivity contribution in [1.29, 1.82) is 0 Å². The van der Waals surface area contributed by atoms with Crippen LogP contribution in [0.25, 0.3) is 0 Å². The third kappa shape index (κ3) is 5.77. The van der Waals surface area contributed by atoms with Gasteiger partial charge in [0.2, 0.25) is 0 Å². The molecule has 0 radical (unpaired) electrons. The summed E-state index contributed by atoms with van der Waals surface area (Å²) in [6, 6.07) is 24.1. The molecule has 0 saturated carbocycles. The van der Waals surface area contributed by atoms with Gasteiger partial charge in [-0.15, -0.1) is 0 Å². The zero-order valence-electron chi connectivity index (χ0n) is 16.7. The largest absolute Gasteiger partial charge is 0.348 e. The van der Waals surface area contributed by atoms with Gasteiger partial charge in [-0.3, -0.25) is 9.59 Å². The van der Waals surface area contributed by atoms with Crippen molar-refractivity contribution in [3.63, 3.8) is 0 Å². The molecule has 2 N–H and O–H groups in total. The number of amides is 2. The van der Waals surface area contributed by atoms with Gasteiger partial charge in [0.15, 0.2) is 0 Å². The molecule has 3 aromatic rings. The van der Waals surface area contributed by atoms with E-state index in [2.05, 4.69) is 27.7 Å². The van der Waals surface area contributed by atoms with Crippen LogP contribution in [0.15, 0.2) is 78.9 Å². The standard InChI is InChI=1S/C24H25N3O2/c1-27(2)17-19-14-12-18(13-15-19)16-25-24(29)21-10-6-7-11-22(21)26-23(28)20-8-4-3-5-9-20/h3-15H,16-17H2,1-2H3,(H,25,29)(H,26,28). The van der Waals surface area contributed by atoms with Gasteiger partial charge in [0.1, 0.15) is 0 Å². The highest BCUT2D eigenvalue weighted by molar-refractivity contribution is 6.08. The second-order valence-electron chi connectivity index (χ2n) is 7.10. The summed E-state index contributed by atoms with van der Waals surface area (Å²) < 4.78 is 0. The number of carbonyl (C=O) groups is 2. The molecule has 0 fully saturated rings. The summed E-state index contributed by atoms with van der Waals surface area (Å²) in [5.74, 6) is -0.478. The van der Waals surface area contributed by atoms with Crippen molar-refractivity contribution in [1.82, 2.24) is 10.2 Å². The first-order valence-electron chi connectivity index (χ1n) is 9.49. The van der Waals surface area contributed by atoms with Crippen LogP contribution in [-0.2, 0) is 13.1 Å². The fraction of sp³-hybridized carbons (Fsp3) is 0.167. The summed E-state index contributed by atoms with van der Waals surface area (Å²) in [4.78, 5) is 27.2. The zero-order chi connectivity index (χ0) is 20.6. The van der Waals surface area contributed by atoms with Crippen molar-refractivity contribution in [2.45, 2.75) is 13.1 Å². The number of nitrogens with one attached hydrogen (secondary N) is 2. The Balaban J connectivity index is 1.64. The summed E-state index contributed by atoms with van der Waals surface area (Å²) in [6.07, 6.45) is 0. The lowest BCUT2D eigenvalue weighted by Gasteiger charge is -2.12. The van der Waals surface area contributed by atoms with E-state index in [-0.39, 0.29) is 11.8 Å². The van der Waals surface area contributed by atoms with Crippen LogP contribution < -0.4 is 10.6 Å². The first kappa shape index (κ1) is 20.3. The lowest BCUT2D eigenvalue weighted by Crippen LogP contribution is -2.25. The predicted octanol–water partition coefficient (Wildman–Crippen LogP) is 3.93. The summed E-state index contributed by atoms with van der Waals surface area (Å²) >= 11 is 0. The number of para-hydroxylation sites is 1. The highest BCUT2D eigenvalue weighted by Gasteiger charge is 2.13. The maximum Gasteiger partial charge on any atom is 0.255 e. The summed E-state index contributed by atoms with van der Waals surface area (Å²) in [5.41, 5.74) is 3.70. The van der Waals surface area contributed by atoms with Gasteiger partial charge in [-0.1, -0.05) is 54.6 Å². The number of rotatable bonds is 7. The second-order valence-corrected chi connectivity index (χ2v) is 7.10. The molecule has 2 amide bonds. The van der Waals surface area contributed by atoms with Crippen LogP contribution in [0.3, 0.4) is 0 Å². The number of carbonyl (C=O) groups excluding carboxylic acids is 2. The number of hydrogen-bond acceptors (Lipinski definition) is 3. The normalized spacial score (nSPS) is 10.6. The molecule has 0 aliphatic carbocycles. The Kier molecular flexibility index (Phi) is 6.76. The Morgan fingerprint density at radius 1 is 0.759 bits per heavy atom. The van der Waals surface area contributed by atoms with Gasteiger partial charge in [0.05, 0.1) is 11.3 Å². The highest BCUT2D eigenvalue weighted by atomic mass is 16.2. The minimum Gasteiger partial charge on any atom is -0.348 e. The van der Waals surface area contributed by atoms with Gasteiger partial charge >= 0.3 is 0 Å². The van der Waals surface area contributed by atoms with Crippen molar-refractivity contribution in [2.75, 3.05) is 19.4 Å². The Bertz CT molecular complexity index is 967. The van der Waals surface area contributed by atoms with Gasteiger partial charge in [-0.2, -0.15) is 0 Å². The second kappa shape index (κ2) is 9.66. The van der Waals surface area contributed by atoms with Gasteiger partial charge < -0.3 is 15.5 Å². The first-order chi connectivity index (χ1) is 14.0.